The van der Waals surface area contributed by atoms with Crippen LogP contribution in [0.2, 0.25) is 0 Å². The molecule has 0 heterocycles. The molecule has 1 aliphatic carbocycles. The van der Waals surface area contributed by atoms with E-state index in [0.717, 1.165) is 25.7 Å². The lowest BCUT2D eigenvalue weighted by atomic mass is 9.97. The molecule has 3 unspecified atom stereocenters. The van der Waals surface area contributed by atoms with Gasteiger partial charge < -0.3 is 20.3 Å². The number of alkyl carbamates (subject to hydrolysis) is 1. The SMILES string of the molecule is C#Cc1ccccc1C(C(=O)NCCCCC)N(C(=O)CNC(=O)OC(C)(C)C)C1CC1C. The normalized spacial score (nSPS) is 17.9. The van der Waals surface area contributed by atoms with E-state index in [9.17, 15) is 14.4 Å². The molecule has 1 fully saturated rings. The van der Waals surface area contributed by atoms with Gasteiger partial charge in [0.25, 0.3) is 0 Å². The van der Waals surface area contributed by atoms with Crippen LogP contribution in [0.3, 0.4) is 0 Å². The molecule has 180 valence electrons. The van der Waals surface area contributed by atoms with Gasteiger partial charge in [-0.05, 0) is 51.2 Å². The number of ether oxygens (including phenoxy) is 1. The molecule has 1 aromatic rings. The molecule has 0 spiro atoms. The molecular formula is C26H37N3O4. The van der Waals surface area contributed by atoms with Gasteiger partial charge in [0, 0.05) is 18.2 Å². The maximum Gasteiger partial charge on any atom is 0.408 e. The summed E-state index contributed by atoms with van der Waals surface area (Å²) in [6.07, 6.45) is 8.74. The lowest BCUT2D eigenvalue weighted by Crippen LogP contribution is -2.49. The Morgan fingerprint density at radius 2 is 1.88 bits per heavy atom. The van der Waals surface area contributed by atoms with E-state index in [1.54, 1.807) is 37.8 Å². The quantitative estimate of drug-likeness (QED) is 0.415. The van der Waals surface area contributed by atoms with Crippen molar-refractivity contribution in [3.05, 3.63) is 35.4 Å². The van der Waals surface area contributed by atoms with Crippen LogP contribution in [0.25, 0.3) is 0 Å². The second-order valence-corrected chi connectivity index (χ2v) is 9.57. The number of nitrogens with one attached hydrogen (secondary N) is 2. The third kappa shape index (κ3) is 7.81. The van der Waals surface area contributed by atoms with E-state index < -0.39 is 17.7 Å². The number of benzene rings is 1. The largest absolute Gasteiger partial charge is 0.444 e. The molecule has 7 heteroatoms. The summed E-state index contributed by atoms with van der Waals surface area (Å²) >= 11 is 0. The molecule has 33 heavy (non-hydrogen) atoms. The second kappa shape index (κ2) is 11.7. The van der Waals surface area contributed by atoms with E-state index in [2.05, 4.69) is 23.5 Å². The highest BCUT2D eigenvalue weighted by Crippen LogP contribution is 2.40. The molecule has 0 radical (unpaired) electrons. The number of nitrogens with zero attached hydrogens (tertiary/aromatic N) is 1. The summed E-state index contributed by atoms with van der Waals surface area (Å²) in [7, 11) is 0. The number of hydrogen-bond acceptors (Lipinski definition) is 4. The van der Waals surface area contributed by atoms with Gasteiger partial charge in [-0.3, -0.25) is 9.59 Å². The predicted molar refractivity (Wildman–Crippen MR) is 128 cm³/mol. The van der Waals surface area contributed by atoms with Gasteiger partial charge in [0.1, 0.15) is 18.2 Å². The van der Waals surface area contributed by atoms with Crippen LogP contribution in [0.15, 0.2) is 24.3 Å². The van der Waals surface area contributed by atoms with Gasteiger partial charge in [0.2, 0.25) is 11.8 Å². The van der Waals surface area contributed by atoms with E-state index in [-0.39, 0.29) is 30.3 Å². The van der Waals surface area contributed by atoms with Crippen LogP contribution >= 0.6 is 0 Å². The van der Waals surface area contributed by atoms with Crippen molar-refractivity contribution in [1.29, 1.82) is 0 Å². The Kier molecular flexibility index (Phi) is 9.33. The summed E-state index contributed by atoms with van der Waals surface area (Å²) in [5.74, 6) is 2.28. The van der Waals surface area contributed by atoms with Gasteiger partial charge in [-0.15, -0.1) is 6.42 Å². The molecule has 3 amide bonds. The second-order valence-electron chi connectivity index (χ2n) is 9.57. The first-order chi connectivity index (χ1) is 15.6. The fraction of sp³-hybridized carbons (Fsp3) is 0.577. The lowest BCUT2D eigenvalue weighted by Gasteiger charge is -2.33. The van der Waals surface area contributed by atoms with Crippen molar-refractivity contribution in [3.8, 4) is 12.3 Å². The standard InChI is InChI=1S/C26H37N3O4/c1-7-9-12-15-27-24(31)23(20-14-11-10-13-19(20)8-2)29(21-16-18(21)3)22(30)17-28-25(32)33-26(4,5)6/h2,10-11,13-14,18,21,23H,7,9,12,15-17H2,1,3-6H3,(H,27,31)(H,28,32). The van der Waals surface area contributed by atoms with Gasteiger partial charge in [-0.2, -0.15) is 0 Å². The van der Waals surface area contributed by atoms with Gasteiger partial charge in [-0.1, -0.05) is 50.8 Å². The number of carbonyl (C=O) groups is 3. The minimum absolute atomic E-state index is 0.102. The minimum atomic E-state index is -0.873. The van der Waals surface area contributed by atoms with Crippen molar-refractivity contribution in [2.45, 2.75) is 78.0 Å². The van der Waals surface area contributed by atoms with Crippen molar-refractivity contribution in [2.75, 3.05) is 13.1 Å². The topological polar surface area (TPSA) is 87.7 Å². The van der Waals surface area contributed by atoms with Crippen molar-refractivity contribution in [3.63, 3.8) is 0 Å². The molecule has 0 aromatic heterocycles. The number of unbranched alkanes of at least 4 members (excludes halogenated alkanes) is 2. The number of carbonyl (C=O) groups excluding carboxylic acids is 3. The number of terminal acetylenes is 1. The molecule has 2 rings (SSSR count). The first kappa shape index (κ1) is 26.2. The Labute approximate surface area is 197 Å². The van der Waals surface area contributed by atoms with Crippen LogP contribution in [0.5, 0.6) is 0 Å². The molecule has 0 bridgehead atoms. The molecule has 0 aliphatic heterocycles. The van der Waals surface area contributed by atoms with Crippen molar-refractivity contribution >= 4 is 17.9 Å². The van der Waals surface area contributed by atoms with Crippen LogP contribution in [-0.2, 0) is 14.3 Å². The number of hydrogen-bond donors (Lipinski definition) is 2. The smallest absolute Gasteiger partial charge is 0.408 e. The highest BCUT2D eigenvalue weighted by molar-refractivity contribution is 5.91. The molecule has 1 aromatic carbocycles. The Morgan fingerprint density at radius 3 is 2.45 bits per heavy atom. The molecule has 3 atom stereocenters. The summed E-state index contributed by atoms with van der Waals surface area (Å²) in [6.45, 7) is 9.65. The lowest BCUT2D eigenvalue weighted by molar-refractivity contribution is -0.141. The van der Waals surface area contributed by atoms with Gasteiger partial charge >= 0.3 is 6.09 Å². The van der Waals surface area contributed by atoms with E-state index in [0.29, 0.717) is 17.7 Å². The zero-order valence-corrected chi connectivity index (χ0v) is 20.4. The Bertz CT molecular complexity index is 884. The molecule has 7 nitrogen and oxygen atoms in total. The third-order valence-electron chi connectivity index (χ3n) is 5.51. The predicted octanol–water partition coefficient (Wildman–Crippen LogP) is 3.78. The van der Waals surface area contributed by atoms with Gasteiger partial charge in [-0.25, -0.2) is 4.79 Å². The Morgan fingerprint density at radius 1 is 1.21 bits per heavy atom. The van der Waals surface area contributed by atoms with Crippen LogP contribution in [0.1, 0.15) is 77.5 Å². The van der Waals surface area contributed by atoms with E-state index in [1.165, 1.54) is 0 Å². The Balaban J connectivity index is 2.30. The average Bonchev–Trinajstić information content (AvgIpc) is 3.47. The van der Waals surface area contributed by atoms with Crippen molar-refractivity contribution < 1.29 is 19.1 Å². The first-order valence-corrected chi connectivity index (χ1v) is 11.7. The molecular weight excluding hydrogens is 418 g/mol. The van der Waals surface area contributed by atoms with Crippen LogP contribution in [0, 0.1) is 18.3 Å². The summed E-state index contributed by atoms with van der Waals surface area (Å²) in [5, 5.41) is 5.51. The maximum atomic E-state index is 13.4. The van der Waals surface area contributed by atoms with E-state index in [4.69, 9.17) is 11.2 Å². The van der Waals surface area contributed by atoms with Gasteiger partial charge in [0.05, 0.1) is 0 Å². The number of rotatable bonds is 10. The molecule has 1 saturated carbocycles. The fourth-order valence-corrected chi connectivity index (χ4v) is 3.73. The minimum Gasteiger partial charge on any atom is -0.444 e. The van der Waals surface area contributed by atoms with Crippen LogP contribution < -0.4 is 10.6 Å². The number of amides is 3. The molecule has 1 aliphatic rings. The average molecular weight is 456 g/mol. The third-order valence-corrected chi connectivity index (χ3v) is 5.51. The van der Waals surface area contributed by atoms with Crippen molar-refractivity contribution in [2.24, 2.45) is 5.92 Å². The highest BCUT2D eigenvalue weighted by Gasteiger charge is 2.46. The van der Waals surface area contributed by atoms with E-state index in [1.807, 2.05) is 19.1 Å². The molecule has 0 saturated heterocycles. The van der Waals surface area contributed by atoms with Crippen molar-refractivity contribution in [1.82, 2.24) is 15.5 Å². The summed E-state index contributed by atoms with van der Waals surface area (Å²) in [5.41, 5.74) is 0.500. The first-order valence-electron chi connectivity index (χ1n) is 11.7. The summed E-state index contributed by atoms with van der Waals surface area (Å²) in [6, 6.07) is 6.21. The zero-order valence-electron chi connectivity index (χ0n) is 20.4. The maximum absolute atomic E-state index is 13.4. The zero-order chi connectivity index (χ0) is 24.6. The Hall–Kier alpha value is -3.01. The summed E-state index contributed by atoms with van der Waals surface area (Å²) < 4.78 is 5.24. The molecule has 2 N–H and O–H groups in total. The van der Waals surface area contributed by atoms with Crippen LogP contribution in [0.4, 0.5) is 4.79 Å². The van der Waals surface area contributed by atoms with Gasteiger partial charge in [0.15, 0.2) is 0 Å². The van der Waals surface area contributed by atoms with E-state index >= 15 is 0 Å². The monoisotopic (exact) mass is 455 g/mol. The fourth-order valence-electron chi connectivity index (χ4n) is 3.73. The highest BCUT2D eigenvalue weighted by atomic mass is 16.6. The van der Waals surface area contributed by atoms with Crippen LogP contribution in [-0.4, -0.2) is 47.5 Å². The summed E-state index contributed by atoms with van der Waals surface area (Å²) in [4.78, 5) is 40.5.